The van der Waals surface area contributed by atoms with Gasteiger partial charge in [-0.2, -0.15) is 0 Å². The van der Waals surface area contributed by atoms with Crippen LogP contribution in [-0.4, -0.2) is 23.3 Å². The third-order valence-electron chi connectivity index (χ3n) is 3.90. The number of pyridine rings is 1. The quantitative estimate of drug-likeness (QED) is 0.659. The predicted molar refractivity (Wildman–Crippen MR) is 91.6 cm³/mol. The summed E-state index contributed by atoms with van der Waals surface area (Å²) in [6.07, 6.45) is 6.74. The Kier molecular flexibility index (Phi) is 9.68. The summed E-state index contributed by atoms with van der Waals surface area (Å²) in [4.78, 5) is 27.7. The largest absolute Gasteiger partial charge is 0.356 e. The number of aromatic nitrogens is 1. The van der Waals surface area contributed by atoms with Gasteiger partial charge >= 0.3 is 0 Å². The van der Waals surface area contributed by atoms with Gasteiger partial charge in [-0.25, -0.2) is 0 Å². The molecule has 2 amide bonds. The monoisotopic (exact) mass is 319 g/mol. The second kappa shape index (κ2) is 11.6. The van der Waals surface area contributed by atoms with Gasteiger partial charge in [0, 0.05) is 25.6 Å². The summed E-state index contributed by atoms with van der Waals surface area (Å²) in [5.74, 6) is 0.369. The Morgan fingerprint density at radius 3 is 2.48 bits per heavy atom. The zero-order chi connectivity index (χ0) is 16.9. The Balaban J connectivity index is 2.15. The van der Waals surface area contributed by atoms with Crippen LogP contribution in [0, 0.1) is 5.92 Å². The summed E-state index contributed by atoms with van der Waals surface area (Å²) in [5, 5.41) is 5.72. The summed E-state index contributed by atoms with van der Waals surface area (Å²) in [6, 6.07) is 5.57. The highest BCUT2D eigenvalue weighted by Crippen LogP contribution is 2.11. The molecule has 0 aliphatic rings. The molecule has 1 atom stereocenters. The molecule has 2 N–H and O–H groups in total. The number of hydrogen-bond donors (Lipinski definition) is 2. The lowest BCUT2D eigenvalue weighted by Crippen LogP contribution is -2.31. The van der Waals surface area contributed by atoms with Gasteiger partial charge in [-0.15, -0.1) is 0 Å². The number of nitrogens with one attached hydrogen (secondary N) is 2. The van der Waals surface area contributed by atoms with Crippen LogP contribution in [0.15, 0.2) is 24.4 Å². The normalized spacial score (nSPS) is 11.7. The van der Waals surface area contributed by atoms with Crippen molar-refractivity contribution in [2.75, 3.05) is 6.54 Å². The van der Waals surface area contributed by atoms with E-state index in [0.717, 1.165) is 18.5 Å². The maximum atomic E-state index is 11.8. The molecule has 0 aromatic carbocycles. The van der Waals surface area contributed by atoms with Crippen LogP contribution in [0.4, 0.5) is 0 Å². The van der Waals surface area contributed by atoms with Crippen molar-refractivity contribution in [3.8, 4) is 0 Å². The molecule has 5 nitrogen and oxygen atoms in total. The maximum Gasteiger partial charge on any atom is 0.220 e. The molecule has 0 saturated carbocycles. The van der Waals surface area contributed by atoms with Crippen molar-refractivity contribution >= 4 is 11.8 Å². The average Bonchev–Trinajstić information content (AvgIpc) is 2.59. The van der Waals surface area contributed by atoms with E-state index in [-0.39, 0.29) is 24.7 Å². The minimum absolute atomic E-state index is 0.0482. The molecule has 0 aliphatic heterocycles. The average molecular weight is 319 g/mol. The number of unbranched alkanes of at least 4 members (excludes halogenated alkanes) is 1. The van der Waals surface area contributed by atoms with Crippen molar-refractivity contribution in [3.05, 3.63) is 30.1 Å². The molecule has 0 bridgehead atoms. The summed E-state index contributed by atoms with van der Waals surface area (Å²) in [7, 11) is 0. The molecular weight excluding hydrogens is 290 g/mol. The van der Waals surface area contributed by atoms with Crippen LogP contribution in [0.3, 0.4) is 0 Å². The van der Waals surface area contributed by atoms with Crippen molar-refractivity contribution in [2.24, 2.45) is 5.92 Å². The first-order valence-electron chi connectivity index (χ1n) is 8.59. The van der Waals surface area contributed by atoms with E-state index in [1.54, 1.807) is 6.20 Å². The minimum atomic E-state index is -0.121. The van der Waals surface area contributed by atoms with E-state index < -0.39 is 0 Å². The lowest BCUT2D eigenvalue weighted by atomic mass is 9.99. The van der Waals surface area contributed by atoms with Gasteiger partial charge in [0.25, 0.3) is 0 Å². The molecule has 1 rings (SSSR count). The Labute approximate surface area is 139 Å². The van der Waals surface area contributed by atoms with E-state index in [1.807, 2.05) is 18.2 Å². The molecule has 0 aliphatic carbocycles. The number of carbonyl (C=O) groups is 2. The predicted octanol–water partition coefficient (Wildman–Crippen LogP) is 2.81. The van der Waals surface area contributed by atoms with Crippen molar-refractivity contribution in [1.29, 1.82) is 0 Å². The molecule has 23 heavy (non-hydrogen) atoms. The topological polar surface area (TPSA) is 71.1 Å². The first kappa shape index (κ1) is 19.1. The highest BCUT2D eigenvalue weighted by molar-refractivity contribution is 5.83. The van der Waals surface area contributed by atoms with Gasteiger partial charge in [-0.3, -0.25) is 14.6 Å². The number of nitrogens with zero attached hydrogens (tertiary/aromatic N) is 1. The zero-order valence-electron chi connectivity index (χ0n) is 14.3. The molecule has 1 aromatic rings. The first-order valence-corrected chi connectivity index (χ1v) is 8.59. The second-order valence-electron chi connectivity index (χ2n) is 5.82. The van der Waals surface area contributed by atoms with Crippen LogP contribution in [0.1, 0.15) is 58.1 Å². The molecule has 0 spiro atoms. The smallest absolute Gasteiger partial charge is 0.220 e. The molecule has 1 aromatic heterocycles. The van der Waals surface area contributed by atoms with E-state index in [1.165, 1.54) is 12.8 Å². The van der Waals surface area contributed by atoms with Gasteiger partial charge in [0.1, 0.15) is 0 Å². The molecule has 0 unspecified atom stereocenters. The fourth-order valence-corrected chi connectivity index (χ4v) is 2.30. The third kappa shape index (κ3) is 8.96. The van der Waals surface area contributed by atoms with Gasteiger partial charge in [0.15, 0.2) is 0 Å². The standard InChI is InChI=1S/C18H29N3O2/c1-3-5-8-15(4-2)13-20-17(22)10-11-18(23)21-14-16-9-6-7-12-19-16/h6-7,9,12,15H,3-5,8,10-11,13-14H2,1-2H3,(H,20,22)(H,21,23)/t15-/m1/s1. The highest BCUT2D eigenvalue weighted by atomic mass is 16.2. The van der Waals surface area contributed by atoms with Crippen LogP contribution in [0.2, 0.25) is 0 Å². The lowest BCUT2D eigenvalue weighted by molar-refractivity contribution is -0.126. The Hall–Kier alpha value is -1.91. The summed E-state index contributed by atoms with van der Waals surface area (Å²) >= 11 is 0. The van der Waals surface area contributed by atoms with Crippen molar-refractivity contribution in [2.45, 2.75) is 58.9 Å². The van der Waals surface area contributed by atoms with E-state index in [4.69, 9.17) is 0 Å². The van der Waals surface area contributed by atoms with Crippen LogP contribution in [0.25, 0.3) is 0 Å². The molecular formula is C18H29N3O2. The molecule has 1 heterocycles. The Bertz CT molecular complexity index is 463. The van der Waals surface area contributed by atoms with Crippen molar-refractivity contribution in [1.82, 2.24) is 15.6 Å². The van der Waals surface area contributed by atoms with Crippen LogP contribution >= 0.6 is 0 Å². The highest BCUT2D eigenvalue weighted by Gasteiger charge is 2.10. The summed E-state index contributed by atoms with van der Waals surface area (Å²) < 4.78 is 0. The first-order chi connectivity index (χ1) is 11.2. The van der Waals surface area contributed by atoms with Crippen LogP contribution < -0.4 is 10.6 Å². The van der Waals surface area contributed by atoms with Crippen molar-refractivity contribution in [3.63, 3.8) is 0 Å². The van der Waals surface area contributed by atoms with E-state index in [0.29, 0.717) is 19.0 Å². The fourth-order valence-electron chi connectivity index (χ4n) is 2.30. The summed E-state index contributed by atoms with van der Waals surface area (Å²) in [6.45, 7) is 5.44. The zero-order valence-corrected chi connectivity index (χ0v) is 14.3. The van der Waals surface area contributed by atoms with Gasteiger partial charge in [-0.1, -0.05) is 39.2 Å². The summed E-state index contributed by atoms with van der Waals surface area (Å²) in [5.41, 5.74) is 0.812. The van der Waals surface area contributed by atoms with E-state index in [2.05, 4.69) is 29.5 Å². The van der Waals surface area contributed by atoms with Gasteiger partial charge in [0.05, 0.1) is 12.2 Å². The molecule has 0 fully saturated rings. The van der Waals surface area contributed by atoms with Crippen LogP contribution in [0.5, 0.6) is 0 Å². The van der Waals surface area contributed by atoms with Gasteiger partial charge in [-0.05, 0) is 24.5 Å². The Morgan fingerprint density at radius 1 is 1.13 bits per heavy atom. The maximum absolute atomic E-state index is 11.8. The number of rotatable bonds is 11. The minimum Gasteiger partial charge on any atom is -0.356 e. The third-order valence-corrected chi connectivity index (χ3v) is 3.90. The molecule has 0 radical (unpaired) electrons. The van der Waals surface area contributed by atoms with Gasteiger partial charge in [0.2, 0.25) is 11.8 Å². The molecule has 128 valence electrons. The van der Waals surface area contributed by atoms with Gasteiger partial charge < -0.3 is 10.6 Å². The lowest BCUT2D eigenvalue weighted by Gasteiger charge is -2.15. The second-order valence-corrected chi connectivity index (χ2v) is 5.82. The van der Waals surface area contributed by atoms with E-state index in [9.17, 15) is 9.59 Å². The number of hydrogen-bond acceptors (Lipinski definition) is 3. The fraction of sp³-hybridized carbons (Fsp3) is 0.611. The molecule has 5 heteroatoms. The van der Waals surface area contributed by atoms with Crippen LogP contribution in [-0.2, 0) is 16.1 Å². The number of amides is 2. The van der Waals surface area contributed by atoms with Crippen molar-refractivity contribution < 1.29 is 9.59 Å². The Morgan fingerprint density at radius 2 is 1.87 bits per heavy atom. The SMILES string of the molecule is CCCC[C@@H](CC)CNC(=O)CCC(=O)NCc1ccccn1. The number of carbonyl (C=O) groups excluding carboxylic acids is 2. The molecule has 0 saturated heterocycles. The van der Waals surface area contributed by atoms with E-state index >= 15 is 0 Å².